The van der Waals surface area contributed by atoms with Gasteiger partial charge in [-0.1, -0.05) is 13.3 Å². The first-order chi connectivity index (χ1) is 8.60. The number of ether oxygens (including phenoxy) is 1. The van der Waals surface area contributed by atoms with E-state index in [4.69, 9.17) is 9.15 Å². The third-order valence-electron chi connectivity index (χ3n) is 2.32. The Balaban J connectivity index is 2.80. The molecular formula is C12H18N2O4. The van der Waals surface area contributed by atoms with Crippen molar-refractivity contribution < 1.29 is 18.7 Å². The molecule has 1 aromatic heterocycles. The second-order valence-corrected chi connectivity index (χ2v) is 3.76. The molecule has 0 aliphatic carbocycles. The summed E-state index contributed by atoms with van der Waals surface area (Å²) in [6, 6.07) is 0.138. The molecule has 1 rings (SSSR count). The average Bonchev–Trinajstić information content (AvgIpc) is 2.79. The largest absolute Gasteiger partial charge is 0.461 e. The summed E-state index contributed by atoms with van der Waals surface area (Å²) in [4.78, 5) is 28.3. The van der Waals surface area contributed by atoms with Gasteiger partial charge in [-0.15, -0.1) is 0 Å². The van der Waals surface area contributed by atoms with Crippen LogP contribution in [0.4, 0.5) is 6.01 Å². The van der Waals surface area contributed by atoms with Crippen LogP contribution in [0.25, 0.3) is 0 Å². The lowest BCUT2D eigenvalue weighted by molar-refractivity contribution is -0.116. The highest BCUT2D eigenvalue weighted by Crippen LogP contribution is 2.15. The summed E-state index contributed by atoms with van der Waals surface area (Å²) in [5, 5.41) is 0. The highest BCUT2D eigenvalue weighted by Gasteiger charge is 2.20. The number of anilines is 1. The first kappa shape index (κ1) is 14.2. The van der Waals surface area contributed by atoms with Crippen molar-refractivity contribution in [2.45, 2.75) is 33.6 Å². The summed E-state index contributed by atoms with van der Waals surface area (Å²) < 4.78 is 9.94. The van der Waals surface area contributed by atoms with Crippen molar-refractivity contribution in [3.05, 3.63) is 12.0 Å². The number of esters is 1. The number of nitrogens with zero attached hydrogens (tertiary/aromatic N) is 2. The molecule has 0 N–H and O–H groups in total. The van der Waals surface area contributed by atoms with E-state index in [-0.39, 0.29) is 24.2 Å². The number of aromatic nitrogens is 1. The number of oxazole rings is 1. The van der Waals surface area contributed by atoms with Crippen LogP contribution in [0.15, 0.2) is 10.7 Å². The molecular weight excluding hydrogens is 236 g/mol. The zero-order valence-electron chi connectivity index (χ0n) is 10.9. The van der Waals surface area contributed by atoms with Crippen LogP contribution in [0.1, 0.15) is 44.1 Å². The normalized spacial score (nSPS) is 10.2. The predicted octanol–water partition coefficient (Wildman–Crippen LogP) is 2.00. The van der Waals surface area contributed by atoms with Crippen molar-refractivity contribution in [2.24, 2.45) is 0 Å². The van der Waals surface area contributed by atoms with Crippen molar-refractivity contribution in [3.63, 3.8) is 0 Å². The highest BCUT2D eigenvalue weighted by molar-refractivity contribution is 5.91. The third-order valence-corrected chi connectivity index (χ3v) is 2.32. The van der Waals surface area contributed by atoms with Crippen LogP contribution in [0, 0.1) is 0 Å². The maximum absolute atomic E-state index is 11.5. The predicted molar refractivity (Wildman–Crippen MR) is 65.4 cm³/mol. The Hall–Kier alpha value is -1.85. The van der Waals surface area contributed by atoms with E-state index in [2.05, 4.69) is 4.98 Å². The third kappa shape index (κ3) is 3.58. The molecule has 0 aromatic carbocycles. The molecule has 0 saturated heterocycles. The van der Waals surface area contributed by atoms with Crippen molar-refractivity contribution in [1.82, 2.24) is 4.98 Å². The molecule has 0 aliphatic heterocycles. The summed E-state index contributed by atoms with van der Waals surface area (Å²) in [7, 11) is 0. The molecule has 0 aliphatic rings. The highest BCUT2D eigenvalue weighted by atomic mass is 16.5. The maximum atomic E-state index is 11.5. The van der Waals surface area contributed by atoms with Crippen LogP contribution in [0.2, 0.25) is 0 Å². The van der Waals surface area contributed by atoms with Gasteiger partial charge in [-0.3, -0.25) is 9.69 Å². The topological polar surface area (TPSA) is 72.6 Å². The van der Waals surface area contributed by atoms with Crippen molar-refractivity contribution in [2.75, 3.05) is 18.1 Å². The number of unbranched alkanes of at least 4 members (excludes halogenated alkanes) is 1. The smallest absolute Gasteiger partial charge is 0.360 e. The van der Waals surface area contributed by atoms with Gasteiger partial charge >= 0.3 is 12.0 Å². The molecule has 0 bridgehead atoms. The van der Waals surface area contributed by atoms with Gasteiger partial charge in [0.25, 0.3) is 0 Å². The molecule has 1 heterocycles. The Morgan fingerprint density at radius 2 is 2.17 bits per heavy atom. The van der Waals surface area contributed by atoms with E-state index >= 15 is 0 Å². The number of hydrogen-bond donors (Lipinski definition) is 0. The van der Waals surface area contributed by atoms with Gasteiger partial charge in [0.2, 0.25) is 5.91 Å². The quantitative estimate of drug-likeness (QED) is 0.726. The van der Waals surface area contributed by atoms with Gasteiger partial charge in [-0.2, -0.15) is 4.98 Å². The molecule has 6 heteroatoms. The van der Waals surface area contributed by atoms with E-state index in [1.807, 2.05) is 6.92 Å². The molecule has 0 saturated carbocycles. The molecule has 0 spiro atoms. The summed E-state index contributed by atoms with van der Waals surface area (Å²) in [5.41, 5.74) is 0.0783. The van der Waals surface area contributed by atoms with Crippen molar-refractivity contribution in [1.29, 1.82) is 0 Å². The Labute approximate surface area is 106 Å². The standard InChI is InChI=1S/C12H18N2O4/c1-4-6-7-14(9(3)15)12-13-10(8-18-12)11(16)17-5-2/h8H,4-7H2,1-3H3. The molecule has 100 valence electrons. The van der Waals surface area contributed by atoms with Crippen molar-refractivity contribution in [3.8, 4) is 0 Å². The summed E-state index contributed by atoms with van der Waals surface area (Å²) >= 11 is 0. The molecule has 0 radical (unpaired) electrons. The molecule has 18 heavy (non-hydrogen) atoms. The molecule has 0 fully saturated rings. The number of amides is 1. The van der Waals surface area contributed by atoms with Crippen LogP contribution < -0.4 is 4.90 Å². The second kappa shape index (κ2) is 6.78. The van der Waals surface area contributed by atoms with Crippen LogP contribution in [-0.2, 0) is 9.53 Å². The van der Waals surface area contributed by atoms with Gasteiger partial charge in [-0.05, 0) is 13.3 Å². The number of rotatable bonds is 6. The number of hydrogen-bond acceptors (Lipinski definition) is 5. The van der Waals surface area contributed by atoms with E-state index in [1.54, 1.807) is 6.92 Å². The van der Waals surface area contributed by atoms with Gasteiger partial charge in [0.05, 0.1) is 6.61 Å². The fourth-order valence-corrected chi connectivity index (χ4v) is 1.39. The van der Waals surface area contributed by atoms with Crippen LogP contribution >= 0.6 is 0 Å². The first-order valence-electron chi connectivity index (χ1n) is 6.00. The lowest BCUT2D eigenvalue weighted by Crippen LogP contribution is -2.29. The minimum Gasteiger partial charge on any atom is -0.461 e. The SMILES string of the molecule is CCCCN(C(C)=O)c1nc(C(=O)OCC)co1. The second-order valence-electron chi connectivity index (χ2n) is 3.76. The molecule has 6 nitrogen and oxygen atoms in total. The van der Waals surface area contributed by atoms with E-state index in [9.17, 15) is 9.59 Å². The van der Waals surface area contributed by atoms with Crippen LogP contribution in [0.3, 0.4) is 0 Å². The average molecular weight is 254 g/mol. The molecule has 1 aromatic rings. The summed E-state index contributed by atoms with van der Waals surface area (Å²) in [6.07, 6.45) is 3.00. The van der Waals surface area contributed by atoms with Gasteiger partial charge in [0.1, 0.15) is 6.26 Å². The van der Waals surface area contributed by atoms with Crippen molar-refractivity contribution >= 4 is 17.9 Å². The lowest BCUT2D eigenvalue weighted by Gasteiger charge is -2.15. The molecule has 0 atom stereocenters. The Kier molecular flexibility index (Phi) is 5.35. The van der Waals surface area contributed by atoms with E-state index in [0.717, 1.165) is 12.8 Å². The van der Waals surface area contributed by atoms with E-state index in [1.165, 1.54) is 18.1 Å². The zero-order chi connectivity index (χ0) is 13.5. The fourth-order valence-electron chi connectivity index (χ4n) is 1.39. The van der Waals surface area contributed by atoms with Gasteiger partial charge < -0.3 is 9.15 Å². The Morgan fingerprint density at radius 3 is 2.72 bits per heavy atom. The Morgan fingerprint density at radius 1 is 1.44 bits per heavy atom. The minimum absolute atomic E-state index is 0.0783. The number of carbonyl (C=O) groups is 2. The molecule has 0 unspecified atom stereocenters. The first-order valence-corrected chi connectivity index (χ1v) is 6.00. The van der Waals surface area contributed by atoms with Gasteiger partial charge in [0.15, 0.2) is 5.69 Å². The van der Waals surface area contributed by atoms with E-state index in [0.29, 0.717) is 6.54 Å². The van der Waals surface area contributed by atoms with E-state index < -0.39 is 5.97 Å². The maximum Gasteiger partial charge on any atom is 0.360 e. The monoisotopic (exact) mass is 254 g/mol. The summed E-state index contributed by atoms with van der Waals surface area (Å²) in [5.74, 6) is -0.716. The summed E-state index contributed by atoms with van der Waals surface area (Å²) in [6.45, 7) is 5.96. The Bertz CT molecular complexity index is 414. The van der Waals surface area contributed by atoms with Crippen LogP contribution in [0.5, 0.6) is 0 Å². The lowest BCUT2D eigenvalue weighted by atomic mass is 10.3. The fraction of sp³-hybridized carbons (Fsp3) is 0.583. The van der Waals surface area contributed by atoms with Crippen LogP contribution in [-0.4, -0.2) is 30.0 Å². The molecule has 1 amide bonds. The number of carbonyl (C=O) groups excluding carboxylic acids is 2. The van der Waals surface area contributed by atoms with Gasteiger partial charge in [-0.25, -0.2) is 4.79 Å². The van der Waals surface area contributed by atoms with Gasteiger partial charge in [0, 0.05) is 13.5 Å². The zero-order valence-corrected chi connectivity index (χ0v) is 10.9. The minimum atomic E-state index is -0.550.